The lowest BCUT2D eigenvalue weighted by Crippen LogP contribution is -2.26. The quantitative estimate of drug-likeness (QED) is 0.555. The topological polar surface area (TPSA) is 3.24 Å². The molecule has 1 nitrogen and oxygen atoms in total. The van der Waals surface area contributed by atoms with E-state index < -0.39 is 0 Å². The maximum Gasteiger partial charge on any atom is 0.0208 e. The fourth-order valence-electron chi connectivity index (χ4n) is 3.18. The van der Waals surface area contributed by atoms with Crippen LogP contribution in [0.15, 0.2) is 23.9 Å². The van der Waals surface area contributed by atoms with Gasteiger partial charge in [0.05, 0.1) is 0 Å². The molecule has 2 fully saturated rings. The van der Waals surface area contributed by atoms with E-state index in [9.17, 15) is 0 Å². The summed E-state index contributed by atoms with van der Waals surface area (Å²) in [6.07, 6.45) is 9.16. The summed E-state index contributed by atoms with van der Waals surface area (Å²) in [7, 11) is 0. The van der Waals surface area contributed by atoms with Gasteiger partial charge in [0.1, 0.15) is 0 Å². The van der Waals surface area contributed by atoms with Gasteiger partial charge in [-0.15, -0.1) is 0 Å². The van der Waals surface area contributed by atoms with E-state index in [4.69, 9.17) is 0 Å². The average molecular weight is 261 g/mol. The van der Waals surface area contributed by atoms with Crippen LogP contribution in [0.25, 0.3) is 0 Å². The van der Waals surface area contributed by atoms with Gasteiger partial charge in [0.15, 0.2) is 0 Å². The van der Waals surface area contributed by atoms with Crippen molar-refractivity contribution in [2.24, 2.45) is 17.3 Å². The van der Waals surface area contributed by atoms with Crippen LogP contribution in [0.3, 0.4) is 0 Å². The molecule has 19 heavy (non-hydrogen) atoms. The summed E-state index contributed by atoms with van der Waals surface area (Å²) in [5.74, 6) is 1.71. The first-order valence-corrected chi connectivity index (χ1v) is 8.03. The third kappa shape index (κ3) is 3.87. The first kappa shape index (κ1) is 14.7. The molecule has 2 saturated carbocycles. The SMILES string of the molecule is C=C(C1CC1)N(CC)CC1CC1(C)CCC=C(C)C. The number of allylic oxidation sites excluding steroid dienone is 3. The van der Waals surface area contributed by atoms with Crippen LogP contribution in [-0.2, 0) is 0 Å². The maximum absolute atomic E-state index is 4.32. The molecule has 2 unspecified atom stereocenters. The molecule has 1 heteroatoms. The van der Waals surface area contributed by atoms with Gasteiger partial charge in [0, 0.05) is 18.8 Å². The van der Waals surface area contributed by atoms with Crippen molar-refractivity contribution >= 4 is 0 Å². The highest BCUT2D eigenvalue weighted by atomic mass is 15.1. The number of hydrogen-bond acceptors (Lipinski definition) is 1. The van der Waals surface area contributed by atoms with Gasteiger partial charge >= 0.3 is 0 Å². The Labute approximate surface area is 119 Å². The van der Waals surface area contributed by atoms with Gasteiger partial charge in [0.2, 0.25) is 0 Å². The zero-order chi connectivity index (χ0) is 14.0. The molecule has 0 aromatic rings. The van der Waals surface area contributed by atoms with Crippen molar-refractivity contribution in [2.45, 2.75) is 59.8 Å². The third-order valence-corrected chi connectivity index (χ3v) is 5.08. The fourth-order valence-corrected chi connectivity index (χ4v) is 3.18. The Morgan fingerprint density at radius 2 is 2.05 bits per heavy atom. The molecule has 0 radical (unpaired) electrons. The van der Waals surface area contributed by atoms with E-state index in [1.807, 2.05) is 0 Å². The summed E-state index contributed by atoms with van der Waals surface area (Å²) in [6.45, 7) is 15.9. The van der Waals surface area contributed by atoms with Crippen LogP contribution in [-0.4, -0.2) is 18.0 Å². The minimum Gasteiger partial charge on any atom is -0.375 e. The van der Waals surface area contributed by atoms with E-state index in [1.54, 1.807) is 0 Å². The van der Waals surface area contributed by atoms with Crippen molar-refractivity contribution in [2.75, 3.05) is 13.1 Å². The second-order valence-corrected chi connectivity index (χ2v) is 7.18. The lowest BCUT2D eigenvalue weighted by molar-refractivity contribution is 0.303. The maximum atomic E-state index is 4.32. The highest BCUT2D eigenvalue weighted by Gasteiger charge is 2.49. The van der Waals surface area contributed by atoms with Crippen LogP contribution in [0.2, 0.25) is 0 Å². The molecule has 0 spiro atoms. The van der Waals surface area contributed by atoms with E-state index in [0.29, 0.717) is 5.41 Å². The zero-order valence-electron chi connectivity index (χ0n) is 13.3. The van der Waals surface area contributed by atoms with Crippen LogP contribution in [0.1, 0.15) is 59.8 Å². The second kappa shape index (κ2) is 5.73. The molecule has 0 saturated heterocycles. The first-order chi connectivity index (χ1) is 8.96. The van der Waals surface area contributed by atoms with Gasteiger partial charge < -0.3 is 4.90 Å². The normalized spacial score (nSPS) is 28.9. The van der Waals surface area contributed by atoms with E-state index >= 15 is 0 Å². The van der Waals surface area contributed by atoms with Crippen LogP contribution in [0.5, 0.6) is 0 Å². The molecule has 0 heterocycles. The second-order valence-electron chi connectivity index (χ2n) is 7.18. The van der Waals surface area contributed by atoms with Crippen molar-refractivity contribution in [3.05, 3.63) is 23.9 Å². The van der Waals surface area contributed by atoms with Gasteiger partial charge in [-0.3, -0.25) is 0 Å². The van der Waals surface area contributed by atoms with Crippen LogP contribution < -0.4 is 0 Å². The Hall–Kier alpha value is -0.720. The summed E-state index contributed by atoms with van der Waals surface area (Å²) in [5, 5.41) is 0. The predicted octanol–water partition coefficient (Wildman–Crippen LogP) is 5.00. The minimum absolute atomic E-state index is 0.600. The van der Waals surface area contributed by atoms with Crippen molar-refractivity contribution in [1.82, 2.24) is 4.90 Å². The molecule has 0 aromatic heterocycles. The van der Waals surface area contributed by atoms with Gasteiger partial charge in [0.25, 0.3) is 0 Å². The number of hydrogen-bond donors (Lipinski definition) is 0. The highest BCUT2D eigenvalue weighted by molar-refractivity contribution is 5.10. The summed E-state index contributed by atoms with van der Waals surface area (Å²) in [5.41, 5.74) is 3.47. The highest BCUT2D eigenvalue weighted by Crippen LogP contribution is 2.56. The van der Waals surface area contributed by atoms with Crippen molar-refractivity contribution in [3.8, 4) is 0 Å². The molecule has 0 aliphatic heterocycles. The molecule has 2 aliphatic carbocycles. The summed E-state index contributed by atoms with van der Waals surface area (Å²) in [6, 6.07) is 0. The van der Waals surface area contributed by atoms with E-state index in [0.717, 1.165) is 18.4 Å². The van der Waals surface area contributed by atoms with E-state index in [1.165, 1.54) is 49.9 Å². The smallest absolute Gasteiger partial charge is 0.0208 e. The minimum atomic E-state index is 0.600. The van der Waals surface area contributed by atoms with E-state index in [2.05, 4.69) is 45.2 Å². The van der Waals surface area contributed by atoms with Gasteiger partial charge in [-0.05, 0) is 70.1 Å². The fraction of sp³-hybridized carbons (Fsp3) is 0.778. The average Bonchev–Trinajstić information content (AvgIpc) is 3.22. The Balaban J connectivity index is 1.77. The Morgan fingerprint density at radius 3 is 2.58 bits per heavy atom. The zero-order valence-corrected chi connectivity index (χ0v) is 13.3. The largest absolute Gasteiger partial charge is 0.375 e. The Bertz CT molecular complexity index is 360. The standard InChI is InChI=1S/C18H31N/c1-6-19(15(4)16-9-10-16)13-17-12-18(17,5)11-7-8-14(2)3/h8,16-17H,4,6-7,9-13H2,1-3,5H3. The van der Waals surface area contributed by atoms with Crippen LogP contribution >= 0.6 is 0 Å². The van der Waals surface area contributed by atoms with Crippen molar-refractivity contribution in [3.63, 3.8) is 0 Å². The molecule has 0 aromatic carbocycles. The number of rotatable bonds is 8. The molecule has 0 bridgehead atoms. The molecule has 0 N–H and O–H groups in total. The molecule has 2 atom stereocenters. The van der Waals surface area contributed by atoms with Gasteiger partial charge in [-0.2, -0.15) is 0 Å². The predicted molar refractivity (Wildman–Crippen MR) is 84.0 cm³/mol. The van der Waals surface area contributed by atoms with Gasteiger partial charge in [-0.25, -0.2) is 0 Å². The summed E-state index contributed by atoms with van der Waals surface area (Å²) >= 11 is 0. The molecule has 2 aliphatic rings. The summed E-state index contributed by atoms with van der Waals surface area (Å²) in [4.78, 5) is 2.55. The molecular formula is C18H31N. The molecule has 2 rings (SSSR count). The lowest BCUT2D eigenvalue weighted by Gasteiger charge is -2.26. The third-order valence-electron chi connectivity index (χ3n) is 5.08. The van der Waals surface area contributed by atoms with Crippen LogP contribution in [0, 0.1) is 17.3 Å². The van der Waals surface area contributed by atoms with Crippen molar-refractivity contribution in [1.29, 1.82) is 0 Å². The first-order valence-electron chi connectivity index (χ1n) is 8.03. The van der Waals surface area contributed by atoms with Crippen molar-refractivity contribution < 1.29 is 0 Å². The Kier molecular flexibility index (Phi) is 4.43. The van der Waals surface area contributed by atoms with Gasteiger partial charge in [-0.1, -0.05) is 25.2 Å². The Morgan fingerprint density at radius 1 is 1.37 bits per heavy atom. The lowest BCUT2D eigenvalue weighted by atomic mass is 9.98. The molecule has 108 valence electrons. The molecular weight excluding hydrogens is 230 g/mol. The van der Waals surface area contributed by atoms with E-state index in [-0.39, 0.29) is 0 Å². The summed E-state index contributed by atoms with van der Waals surface area (Å²) < 4.78 is 0. The van der Waals surface area contributed by atoms with Crippen LogP contribution in [0.4, 0.5) is 0 Å². The monoisotopic (exact) mass is 261 g/mol. The number of nitrogens with zero attached hydrogens (tertiary/aromatic N) is 1. The molecule has 0 amide bonds.